The van der Waals surface area contributed by atoms with Crippen molar-refractivity contribution < 1.29 is 13.9 Å². The van der Waals surface area contributed by atoms with E-state index in [4.69, 9.17) is 4.74 Å². The minimum absolute atomic E-state index is 0.154. The number of ether oxygens (including phenoxy) is 1. The molecule has 1 N–H and O–H groups in total. The molecule has 0 saturated carbocycles. The maximum Gasteiger partial charge on any atom is 0.321 e. The summed E-state index contributed by atoms with van der Waals surface area (Å²) in [5.74, 6) is 0.0569. The minimum Gasteiger partial charge on any atom is -0.497 e. The number of carbonyl (C=O) groups is 1. The molecule has 1 aromatic rings. The van der Waals surface area contributed by atoms with Gasteiger partial charge in [0.1, 0.15) is 11.6 Å². The van der Waals surface area contributed by atoms with Gasteiger partial charge in [-0.3, -0.25) is 0 Å². The van der Waals surface area contributed by atoms with Crippen LogP contribution in [0, 0.1) is 5.82 Å². The van der Waals surface area contributed by atoms with E-state index in [0.717, 1.165) is 25.9 Å². The Labute approximate surface area is 99.4 Å². The normalized spacial score (nSPS) is 14.8. The molecule has 17 heavy (non-hydrogen) atoms. The van der Waals surface area contributed by atoms with E-state index in [1.165, 1.54) is 25.3 Å². The van der Waals surface area contributed by atoms with Gasteiger partial charge in [-0.15, -0.1) is 0 Å². The van der Waals surface area contributed by atoms with E-state index in [1.54, 1.807) is 4.90 Å². The molecule has 1 saturated heterocycles. The van der Waals surface area contributed by atoms with Crippen molar-refractivity contribution in [2.45, 2.75) is 12.8 Å². The monoisotopic (exact) mass is 238 g/mol. The lowest BCUT2D eigenvalue weighted by Crippen LogP contribution is -2.32. The molecule has 2 rings (SSSR count). The van der Waals surface area contributed by atoms with Crippen molar-refractivity contribution in [2.24, 2.45) is 0 Å². The van der Waals surface area contributed by atoms with E-state index >= 15 is 0 Å². The number of carbonyl (C=O) groups excluding carboxylic acids is 1. The van der Waals surface area contributed by atoms with Crippen LogP contribution in [0.5, 0.6) is 5.75 Å². The maximum atomic E-state index is 13.5. The lowest BCUT2D eigenvalue weighted by Gasteiger charge is -2.16. The van der Waals surface area contributed by atoms with Crippen molar-refractivity contribution in [3.63, 3.8) is 0 Å². The van der Waals surface area contributed by atoms with E-state index in [-0.39, 0.29) is 11.7 Å². The molecule has 92 valence electrons. The topological polar surface area (TPSA) is 41.6 Å². The van der Waals surface area contributed by atoms with E-state index in [0.29, 0.717) is 5.75 Å². The average molecular weight is 238 g/mol. The van der Waals surface area contributed by atoms with Gasteiger partial charge in [-0.2, -0.15) is 0 Å². The second kappa shape index (κ2) is 5.03. The number of halogens is 1. The fourth-order valence-electron chi connectivity index (χ4n) is 1.84. The standard InChI is InChI=1S/C12H15FN2O2/c1-17-9-4-5-10(13)11(8-9)14-12(16)15-6-2-3-7-15/h4-5,8H,2-3,6-7H2,1H3,(H,14,16). The van der Waals surface area contributed by atoms with E-state index in [9.17, 15) is 9.18 Å². The van der Waals surface area contributed by atoms with E-state index < -0.39 is 5.82 Å². The van der Waals surface area contributed by atoms with Crippen LogP contribution in [0.1, 0.15) is 12.8 Å². The first-order valence-electron chi connectivity index (χ1n) is 5.60. The third-order valence-corrected chi connectivity index (χ3v) is 2.81. The second-order valence-electron chi connectivity index (χ2n) is 3.97. The van der Waals surface area contributed by atoms with Crippen LogP contribution in [0.25, 0.3) is 0 Å². The zero-order chi connectivity index (χ0) is 12.3. The summed E-state index contributed by atoms with van der Waals surface area (Å²) in [5.41, 5.74) is 0.154. The lowest BCUT2D eigenvalue weighted by atomic mass is 10.3. The average Bonchev–Trinajstić information content (AvgIpc) is 2.85. The molecular formula is C12H15FN2O2. The zero-order valence-electron chi connectivity index (χ0n) is 9.70. The molecule has 1 aromatic carbocycles. The molecule has 0 atom stereocenters. The summed E-state index contributed by atoms with van der Waals surface area (Å²) in [5, 5.41) is 2.56. The zero-order valence-corrected chi connectivity index (χ0v) is 9.70. The minimum atomic E-state index is -0.460. The molecule has 1 heterocycles. The largest absolute Gasteiger partial charge is 0.497 e. The van der Waals surface area contributed by atoms with Crippen molar-refractivity contribution in [3.8, 4) is 5.75 Å². The van der Waals surface area contributed by atoms with Crippen LogP contribution in [-0.4, -0.2) is 31.1 Å². The predicted molar refractivity (Wildman–Crippen MR) is 62.8 cm³/mol. The number of benzene rings is 1. The number of methoxy groups -OCH3 is 1. The molecule has 0 bridgehead atoms. The molecule has 1 aliphatic heterocycles. The van der Waals surface area contributed by atoms with E-state index in [2.05, 4.69) is 5.32 Å². The van der Waals surface area contributed by atoms with Gasteiger partial charge in [0.25, 0.3) is 0 Å². The van der Waals surface area contributed by atoms with Crippen molar-refractivity contribution in [3.05, 3.63) is 24.0 Å². The van der Waals surface area contributed by atoms with Gasteiger partial charge in [0.2, 0.25) is 0 Å². The first-order valence-corrected chi connectivity index (χ1v) is 5.60. The van der Waals surface area contributed by atoms with Gasteiger partial charge in [-0.1, -0.05) is 0 Å². The number of hydrogen-bond acceptors (Lipinski definition) is 2. The molecule has 0 unspecified atom stereocenters. The van der Waals surface area contributed by atoms with Crippen LogP contribution < -0.4 is 10.1 Å². The van der Waals surface area contributed by atoms with E-state index in [1.807, 2.05) is 0 Å². The van der Waals surface area contributed by atoms with Crippen LogP contribution in [0.15, 0.2) is 18.2 Å². The van der Waals surface area contributed by atoms with Gasteiger partial charge < -0.3 is 15.0 Å². The van der Waals surface area contributed by atoms with Crippen LogP contribution in [0.4, 0.5) is 14.9 Å². The van der Waals surface area contributed by atoms with Crippen molar-refractivity contribution in [2.75, 3.05) is 25.5 Å². The summed E-state index contributed by atoms with van der Waals surface area (Å²) in [7, 11) is 1.50. The Hall–Kier alpha value is -1.78. The number of hydrogen-bond donors (Lipinski definition) is 1. The lowest BCUT2D eigenvalue weighted by molar-refractivity contribution is 0.222. The molecule has 0 aliphatic carbocycles. The van der Waals surface area contributed by atoms with Gasteiger partial charge in [0.15, 0.2) is 0 Å². The van der Waals surface area contributed by atoms with Gasteiger partial charge in [0, 0.05) is 19.2 Å². The summed E-state index contributed by atoms with van der Waals surface area (Å²) in [4.78, 5) is 13.5. The number of urea groups is 1. The molecule has 1 aliphatic rings. The molecule has 5 heteroatoms. The fourth-order valence-corrected chi connectivity index (χ4v) is 1.84. The predicted octanol–water partition coefficient (Wildman–Crippen LogP) is 2.46. The summed E-state index contributed by atoms with van der Waals surface area (Å²) in [6.07, 6.45) is 2.02. The third-order valence-electron chi connectivity index (χ3n) is 2.81. The quantitative estimate of drug-likeness (QED) is 0.859. The fraction of sp³-hybridized carbons (Fsp3) is 0.417. The maximum absolute atomic E-state index is 13.5. The number of nitrogens with one attached hydrogen (secondary N) is 1. The summed E-state index contributed by atoms with van der Waals surface area (Å²) in [6, 6.07) is 4.01. The third kappa shape index (κ3) is 2.67. The van der Waals surface area contributed by atoms with Crippen molar-refractivity contribution in [1.82, 2.24) is 4.90 Å². The second-order valence-corrected chi connectivity index (χ2v) is 3.97. The molecular weight excluding hydrogens is 223 g/mol. The number of nitrogens with zero attached hydrogens (tertiary/aromatic N) is 1. The van der Waals surface area contributed by atoms with Crippen LogP contribution in [0.3, 0.4) is 0 Å². The Morgan fingerprint density at radius 2 is 2.12 bits per heavy atom. The highest BCUT2D eigenvalue weighted by atomic mass is 19.1. The van der Waals surface area contributed by atoms with Crippen LogP contribution in [0.2, 0.25) is 0 Å². The molecule has 0 aromatic heterocycles. The number of rotatable bonds is 2. The summed E-state index contributed by atoms with van der Waals surface area (Å²) < 4.78 is 18.4. The van der Waals surface area contributed by atoms with Crippen molar-refractivity contribution >= 4 is 11.7 Å². The van der Waals surface area contributed by atoms with Crippen LogP contribution in [-0.2, 0) is 0 Å². The summed E-state index contributed by atoms with van der Waals surface area (Å²) in [6.45, 7) is 1.47. The molecule has 1 fully saturated rings. The highest BCUT2D eigenvalue weighted by Gasteiger charge is 2.18. The van der Waals surface area contributed by atoms with Gasteiger partial charge in [0.05, 0.1) is 12.8 Å². The molecule has 2 amide bonds. The Morgan fingerprint density at radius 1 is 1.41 bits per heavy atom. The smallest absolute Gasteiger partial charge is 0.321 e. The van der Waals surface area contributed by atoms with Crippen molar-refractivity contribution in [1.29, 1.82) is 0 Å². The summed E-state index contributed by atoms with van der Waals surface area (Å²) >= 11 is 0. The Balaban J connectivity index is 2.09. The first kappa shape index (κ1) is 11.7. The molecule has 4 nitrogen and oxygen atoms in total. The highest BCUT2D eigenvalue weighted by molar-refractivity contribution is 5.89. The SMILES string of the molecule is COc1ccc(F)c(NC(=O)N2CCCC2)c1. The Morgan fingerprint density at radius 3 is 2.76 bits per heavy atom. The number of likely N-dealkylation sites (tertiary alicyclic amines) is 1. The Kier molecular flexibility index (Phi) is 3.46. The molecule has 0 spiro atoms. The van der Waals surface area contributed by atoms with Gasteiger partial charge in [-0.25, -0.2) is 9.18 Å². The Bertz CT molecular complexity index is 417. The van der Waals surface area contributed by atoms with Gasteiger partial charge >= 0.3 is 6.03 Å². The first-order chi connectivity index (χ1) is 8.20. The van der Waals surface area contributed by atoms with Gasteiger partial charge in [-0.05, 0) is 25.0 Å². The molecule has 0 radical (unpaired) electrons. The van der Waals surface area contributed by atoms with Crippen LogP contribution >= 0.6 is 0 Å². The number of amides is 2. The number of anilines is 1. The highest BCUT2D eigenvalue weighted by Crippen LogP contribution is 2.21.